The van der Waals surface area contributed by atoms with Crippen LogP contribution in [0.4, 0.5) is 0 Å². The molecule has 100 valence electrons. The smallest absolute Gasteiger partial charge is 0.356 e. The highest BCUT2D eigenvalue weighted by molar-refractivity contribution is 5.87. The van der Waals surface area contributed by atoms with E-state index in [1.807, 2.05) is 57.3 Å². The van der Waals surface area contributed by atoms with Gasteiger partial charge in [0.2, 0.25) is 0 Å². The fourth-order valence-electron chi connectivity index (χ4n) is 1.98. The lowest BCUT2D eigenvalue weighted by molar-refractivity contribution is 0.0687. The van der Waals surface area contributed by atoms with Crippen LogP contribution < -0.4 is 0 Å². The fourth-order valence-corrected chi connectivity index (χ4v) is 1.98. The average Bonchev–Trinajstić information content (AvgIpc) is 2.74. The van der Waals surface area contributed by atoms with Gasteiger partial charge in [-0.15, -0.1) is 0 Å². The van der Waals surface area contributed by atoms with Gasteiger partial charge in [-0.05, 0) is 11.0 Å². The third kappa shape index (κ3) is 3.02. The Labute approximate surface area is 112 Å². The maximum absolute atomic E-state index is 11.3. The SMILES string of the molecule is CC(C)(C)c1cn(Cc2ccccc2)nc1C(=O)O. The summed E-state index contributed by atoms with van der Waals surface area (Å²) in [6.07, 6.45) is 1.83. The molecule has 0 radical (unpaired) electrons. The minimum atomic E-state index is -0.975. The molecule has 4 nitrogen and oxygen atoms in total. The molecular formula is C15H18N2O2. The Kier molecular flexibility index (Phi) is 3.42. The summed E-state index contributed by atoms with van der Waals surface area (Å²) in [5.74, 6) is -0.975. The van der Waals surface area contributed by atoms with Crippen LogP contribution in [0.2, 0.25) is 0 Å². The van der Waals surface area contributed by atoms with Crippen LogP contribution in [0.3, 0.4) is 0 Å². The molecule has 0 spiro atoms. The maximum atomic E-state index is 11.3. The second-order valence-corrected chi connectivity index (χ2v) is 5.63. The van der Waals surface area contributed by atoms with E-state index in [0.717, 1.165) is 11.1 Å². The van der Waals surface area contributed by atoms with E-state index in [0.29, 0.717) is 6.54 Å². The molecule has 0 unspecified atom stereocenters. The Morgan fingerprint density at radius 2 is 1.89 bits per heavy atom. The molecule has 0 bridgehead atoms. The number of rotatable bonds is 3. The average molecular weight is 258 g/mol. The van der Waals surface area contributed by atoms with E-state index in [1.165, 1.54) is 0 Å². The zero-order valence-electron chi connectivity index (χ0n) is 11.4. The van der Waals surface area contributed by atoms with Crippen molar-refractivity contribution in [2.45, 2.75) is 32.7 Å². The standard InChI is InChI=1S/C15H18N2O2/c1-15(2,3)12-10-17(16-13(12)14(18)19)9-11-7-5-4-6-8-11/h4-8,10H,9H2,1-3H3,(H,18,19). The largest absolute Gasteiger partial charge is 0.476 e. The number of benzene rings is 1. The van der Waals surface area contributed by atoms with E-state index in [9.17, 15) is 9.90 Å². The van der Waals surface area contributed by atoms with Gasteiger partial charge in [0.15, 0.2) is 5.69 Å². The zero-order chi connectivity index (χ0) is 14.0. The van der Waals surface area contributed by atoms with Gasteiger partial charge < -0.3 is 5.11 Å². The number of aromatic nitrogens is 2. The molecule has 19 heavy (non-hydrogen) atoms. The summed E-state index contributed by atoms with van der Waals surface area (Å²) in [5.41, 5.74) is 1.77. The van der Waals surface area contributed by atoms with Crippen molar-refractivity contribution in [3.05, 3.63) is 53.3 Å². The third-order valence-electron chi connectivity index (χ3n) is 2.96. The molecular weight excluding hydrogens is 240 g/mol. The van der Waals surface area contributed by atoms with Crippen LogP contribution in [0.1, 0.15) is 42.4 Å². The summed E-state index contributed by atoms with van der Waals surface area (Å²) in [5, 5.41) is 13.4. The number of nitrogens with zero attached hydrogens (tertiary/aromatic N) is 2. The molecule has 0 aliphatic heterocycles. The van der Waals surface area contributed by atoms with Crippen molar-refractivity contribution in [2.75, 3.05) is 0 Å². The molecule has 2 aromatic rings. The molecule has 0 atom stereocenters. The van der Waals surface area contributed by atoms with Crippen LogP contribution in [0.25, 0.3) is 0 Å². The van der Waals surface area contributed by atoms with Crippen LogP contribution in [0, 0.1) is 0 Å². The van der Waals surface area contributed by atoms with Crippen LogP contribution >= 0.6 is 0 Å². The first kappa shape index (κ1) is 13.3. The van der Waals surface area contributed by atoms with Gasteiger partial charge >= 0.3 is 5.97 Å². The third-order valence-corrected chi connectivity index (χ3v) is 2.96. The van der Waals surface area contributed by atoms with Crippen molar-refractivity contribution < 1.29 is 9.90 Å². The van der Waals surface area contributed by atoms with Crippen LogP contribution in [0.5, 0.6) is 0 Å². The van der Waals surface area contributed by atoms with E-state index in [-0.39, 0.29) is 11.1 Å². The van der Waals surface area contributed by atoms with E-state index in [1.54, 1.807) is 4.68 Å². The highest BCUT2D eigenvalue weighted by Crippen LogP contribution is 2.25. The summed E-state index contributed by atoms with van der Waals surface area (Å²) in [6, 6.07) is 9.87. The van der Waals surface area contributed by atoms with Gasteiger partial charge in [0.1, 0.15) is 0 Å². The summed E-state index contributed by atoms with van der Waals surface area (Å²) in [6.45, 7) is 6.55. The number of carbonyl (C=O) groups is 1. The van der Waals surface area contributed by atoms with Gasteiger partial charge in [-0.3, -0.25) is 4.68 Å². The molecule has 1 aromatic carbocycles. The minimum Gasteiger partial charge on any atom is -0.476 e. The second kappa shape index (κ2) is 4.88. The summed E-state index contributed by atoms with van der Waals surface area (Å²) in [4.78, 5) is 11.3. The Morgan fingerprint density at radius 3 is 2.37 bits per heavy atom. The molecule has 0 aliphatic carbocycles. The van der Waals surface area contributed by atoms with Gasteiger partial charge in [0.25, 0.3) is 0 Å². The normalized spacial score (nSPS) is 11.5. The Hall–Kier alpha value is -2.10. The highest BCUT2D eigenvalue weighted by Gasteiger charge is 2.25. The highest BCUT2D eigenvalue weighted by atomic mass is 16.4. The number of hydrogen-bond acceptors (Lipinski definition) is 2. The van der Waals surface area contributed by atoms with E-state index in [2.05, 4.69) is 5.10 Å². The van der Waals surface area contributed by atoms with Crippen LogP contribution in [0.15, 0.2) is 36.5 Å². The van der Waals surface area contributed by atoms with Gasteiger partial charge in [0.05, 0.1) is 6.54 Å². The van der Waals surface area contributed by atoms with Crippen molar-refractivity contribution >= 4 is 5.97 Å². The fraction of sp³-hybridized carbons (Fsp3) is 0.333. The quantitative estimate of drug-likeness (QED) is 0.921. The Morgan fingerprint density at radius 1 is 1.26 bits per heavy atom. The molecule has 1 N–H and O–H groups in total. The molecule has 2 rings (SSSR count). The van der Waals surface area contributed by atoms with Crippen LogP contribution in [-0.2, 0) is 12.0 Å². The molecule has 1 aromatic heterocycles. The number of carboxylic acids is 1. The Balaban J connectivity index is 2.36. The number of hydrogen-bond donors (Lipinski definition) is 1. The molecule has 0 fully saturated rings. The van der Waals surface area contributed by atoms with Gasteiger partial charge in [0, 0.05) is 11.8 Å². The van der Waals surface area contributed by atoms with Gasteiger partial charge in [-0.1, -0.05) is 51.1 Å². The molecule has 0 saturated carbocycles. The number of aromatic carboxylic acids is 1. The number of carboxylic acid groups (broad SMARTS) is 1. The van der Waals surface area contributed by atoms with Crippen molar-refractivity contribution in [3.63, 3.8) is 0 Å². The van der Waals surface area contributed by atoms with E-state index in [4.69, 9.17) is 0 Å². The van der Waals surface area contributed by atoms with Crippen molar-refractivity contribution in [1.29, 1.82) is 0 Å². The lowest BCUT2D eigenvalue weighted by Gasteiger charge is -2.16. The molecule has 0 aliphatic rings. The predicted octanol–water partition coefficient (Wildman–Crippen LogP) is 2.93. The van der Waals surface area contributed by atoms with E-state index < -0.39 is 5.97 Å². The monoisotopic (exact) mass is 258 g/mol. The minimum absolute atomic E-state index is 0.142. The van der Waals surface area contributed by atoms with Crippen molar-refractivity contribution in [1.82, 2.24) is 9.78 Å². The topological polar surface area (TPSA) is 55.1 Å². The lowest BCUT2D eigenvalue weighted by Crippen LogP contribution is -2.15. The van der Waals surface area contributed by atoms with Gasteiger partial charge in [-0.25, -0.2) is 4.79 Å². The second-order valence-electron chi connectivity index (χ2n) is 5.63. The lowest BCUT2D eigenvalue weighted by atomic mass is 9.87. The van der Waals surface area contributed by atoms with E-state index >= 15 is 0 Å². The van der Waals surface area contributed by atoms with Gasteiger partial charge in [-0.2, -0.15) is 5.10 Å². The summed E-state index contributed by atoms with van der Waals surface area (Å²) < 4.78 is 1.69. The van der Waals surface area contributed by atoms with Crippen LogP contribution in [-0.4, -0.2) is 20.9 Å². The van der Waals surface area contributed by atoms with Crippen molar-refractivity contribution in [2.24, 2.45) is 0 Å². The zero-order valence-corrected chi connectivity index (χ0v) is 11.4. The molecule has 4 heteroatoms. The first-order valence-corrected chi connectivity index (χ1v) is 6.23. The first-order valence-electron chi connectivity index (χ1n) is 6.23. The summed E-state index contributed by atoms with van der Waals surface area (Å²) >= 11 is 0. The van der Waals surface area contributed by atoms with Crippen molar-refractivity contribution in [3.8, 4) is 0 Å². The molecule has 0 amide bonds. The first-order chi connectivity index (χ1) is 8.88. The maximum Gasteiger partial charge on any atom is 0.356 e. The molecule has 0 saturated heterocycles. The summed E-state index contributed by atoms with van der Waals surface area (Å²) in [7, 11) is 0. The Bertz CT molecular complexity index is 580. The molecule has 1 heterocycles. The predicted molar refractivity (Wildman–Crippen MR) is 73.4 cm³/mol.